The van der Waals surface area contributed by atoms with Crippen LogP contribution in [0.15, 0.2) is 78.9 Å². The lowest BCUT2D eigenvalue weighted by Crippen LogP contribution is -2.43. The summed E-state index contributed by atoms with van der Waals surface area (Å²) in [4.78, 5) is 14.0. The number of hydrogen-bond donors (Lipinski definition) is 1. The van der Waals surface area contributed by atoms with E-state index in [0.29, 0.717) is 6.61 Å². The Labute approximate surface area is 172 Å². The third kappa shape index (κ3) is 4.27. The SMILES string of the molecule is CC(=O)N1c2ccccc2[C@@H](Nc2ccc(OCc3ccccc3)cc2)C[C@H]1C. The van der Waals surface area contributed by atoms with Crippen LogP contribution in [-0.4, -0.2) is 11.9 Å². The largest absolute Gasteiger partial charge is 0.489 e. The Morgan fingerprint density at radius 2 is 1.69 bits per heavy atom. The van der Waals surface area contributed by atoms with Gasteiger partial charge in [-0.05, 0) is 54.8 Å². The maximum Gasteiger partial charge on any atom is 0.224 e. The molecular formula is C25H26N2O2. The molecule has 3 aromatic carbocycles. The van der Waals surface area contributed by atoms with Crippen LogP contribution in [0.25, 0.3) is 0 Å². The Kier molecular flexibility index (Phi) is 5.52. The first-order valence-electron chi connectivity index (χ1n) is 10.0. The lowest BCUT2D eigenvalue weighted by molar-refractivity contribution is -0.117. The lowest BCUT2D eigenvalue weighted by Gasteiger charge is -2.39. The number of para-hydroxylation sites is 1. The van der Waals surface area contributed by atoms with E-state index in [-0.39, 0.29) is 18.0 Å². The van der Waals surface area contributed by atoms with E-state index in [1.807, 2.05) is 65.6 Å². The quantitative estimate of drug-likeness (QED) is 0.624. The van der Waals surface area contributed by atoms with Crippen molar-refractivity contribution in [3.8, 4) is 5.75 Å². The van der Waals surface area contributed by atoms with Crippen molar-refractivity contribution in [1.82, 2.24) is 0 Å². The highest BCUT2D eigenvalue weighted by molar-refractivity contribution is 5.93. The highest BCUT2D eigenvalue weighted by Crippen LogP contribution is 2.39. The first kappa shape index (κ1) is 19.1. The Morgan fingerprint density at radius 1 is 1.00 bits per heavy atom. The van der Waals surface area contributed by atoms with Gasteiger partial charge in [-0.15, -0.1) is 0 Å². The van der Waals surface area contributed by atoms with Gasteiger partial charge in [0.15, 0.2) is 0 Å². The van der Waals surface area contributed by atoms with Crippen molar-refractivity contribution < 1.29 is 9.53 Å². The zero-order valence-corrected chi connectivity index (χ0v) is 16.8. The van der Waals surface area contributed by atoms with Crippen molar-refractivity contribution in [1.29, 1.82) is 0 Å². The van der Waals surface area contributed by atoms with Gasteiger partial charge in [-0.1, -0.05) is 48.5 Å². The van der Waals surface area contributed by atoms with E-state index in [2.05, 4.69) is 30.4 Å². The molecule has 0 aliphatic carbocycles. The monoisotopic (exact) mass is 386 g/mol. The number of carbonyl (C=O) groups excluding carboxylic acids is 1. The van der Waals surface area contributed by atoms with Crippen molar-refractivity contribution >= 4 is 17.3 Å². The minimum Gasteiger partial charge on any atom is -0.489 e. The molecule has 4 nitrogen and oxygen atoms in total. The molecule has 0 radical (unpaired) electrons. The molecule has 1 amide bonds. The van der Waals surface area contributed by atoms with Crippen LogP contribution in [0, 0.1) is 0 Å². The predicted molar refractivity (Wildman–Crippen MR) is 117 cm³/mol. The summed E-state index contributed by atoms with van der Waals surface area (Å²) in [5, 5.41) is 3.63. The van der Waals surface area contributed by atoms with Crippen LogP contribution in [0.1, 0.15) is 37.4 Å². The number of rotatable bonds is 5. The van der Waals surface area contributed by atoms with Gasteiger partial charge in [-0.25, -0.2) is 0 Å². The van der Waals surface area contributed by atoms with E-state index in [1.165, 1.54) is 0 Å². The summed E-state index contributed by atoms with van der Waals surface area (Å²) in [5.41, 5.74) is 4.35. The molecule has 1 aliphatic rings. The van der Waals surface area contributed by atoms with E-state index in [0.717, 1.165) is 34.7 Å². The van der Waals surface area contributed by atoms with Crippen LogP contribution in [0.4, 0.5) is 11.4 Å². The van der Waals surface area contributed by atoms with Crippen LogP contribution in [-0.2, 0) is 11.4 Å². The van der Waals surface area contributed by atoms with E-state index >= 15 is 0 Å². The molecule has 0 bridgehead atoms. The molecule has 1 heterocycles. The maximum absolute atomic E-state index is 12.1. The number of nitrogens with one attached hydrogen (secondary N) is 1. The highest BCUT2D eigenvalue weighted by Gasteiger charge is 2.31. The van der Waals surface area contributed by atoms with Gasteiger partial charge in [0, 0.05) is 24.3 Å². The van der Waals surface area contributed by atoms with Gasteiger partial charge in [0.2, 0.25) is 5.91 Å². The number of carbonyl (C=O) groups is 1. The Bertz CT molecular complexity index is 970. The average Bonchev–Trinajstić information content (AvgIpc) is 2.74. The molecule has 0 spiro atoms. The van der Waals surface area contributed by atoms with E-state index in [9.17, 15) is 4.79 Å². The number of amides is 1. The predicted octanol–water partition coefficient (Wildman–Crippen LogP) is 5.56. The Morgan fingerprint density at radius 3 is 2.41 bits per heavy atom. The van der Waals surface area contributed by atoms with E-state index < -0.39 is 0 Å². The van der Waals surface area contributed by atoms with Crippen molar-refractivity contribution in [2.24, 2.45) is 0 Å². The number of nitrogens with zero attached hydrogens (tertiary/aromatic N) is 1. The number of ether oxygens (including phenoxy) is 1. The van der Waals surface area contributed by atoms with Gasteiger partial charge >= 0.3 is 0 Å². The summed E-state index contributed by atoms with van der Waals surface area (Å²) in [7, 11) is 0. The molecule has 0 saturated carbocycles. The molecule has 1 aliphatic heterocycles. The third-order valence-corrected chi connectivity index (χ3v) is 5.37. The summed E-state index contributed by atoms with van der Waals surface area (Å²) >= 11 is 0. The highest BCUT2D eigenvalue weighted by atomic mass is 16.5. The molecule has 148 valence electrons. The molecule has 3 aromatic rings. The van der Waals surface area contributed by atoms with Crippen molar-refractivity contribution in [3.63, 3.8) is 0 Å². The summed E-state index contributed by atoms with van der Waals surface area (Å²) < 4.78 is 5.88. The Hall–Kier alpha value is -3.27. The molecule has 4 rings (SSSR count). The number of benzene rings is 3. The van der Waals surface area contributed by atoms with E-state index in [1.54, 1.807) is 6.92 Å². The second kappa shape index (κ2) is 8.39. The smallest absolute Gasteiger partial charge is 0.224 e. The third-order valence-electron chi connectivity index (χ3n) is 5.37. The second-order valence-corrected chi connectivity index (χ2v) is 7.53. The first-order chi connectivity index (χ1) is 14.1. The van der Waals surface area contributed by atoms with Gasteiger partial charge in [0.1, 0.15) is 12.4 Å². The van der Waals surface area contributed by atoms with Crippen molar-refractivity contribution in [3.05, 3.63) is 90.0 Å². The van der Waals surface area contributed by atoms with Crippen LogP contribution in [0.2, 0.25) is 0 Å². The lowest BCUT2D eigenvalue weighted by atomic mass is 9.91. The molecule has 4 heteroatoms. The zero-order chi connectivity index (χ0) is 20.2. The number of fused-ring (bicyclic) bond motifs is 1. The van der Waals surface area contributed by atoms with Crippen LogP contribution >= 0.6 is 0 Å². The van der Waals surface area contributed by atoms with Gasteiger partial charge in [-0.2, -0.15) is 0 Å². The average molecular weight is 386 g/mol. The minimum atomic E-state index is 0.0864. The minimum absolute atomic E-state index is 0.0864. The fourth-order valence-electron chi connectivity index (χ4n) is 4.02. The Balaban J connectivity index is 1.46. The first-order valence-corrected chi connectivity index (χ1v) is 10.0. The molecule has 1 N–H and O–H groups in total. The van der Waals surface area contributed by atoms with Gasteiger partial charge in [0.05, 0.1) is 6.04 Å². The van der Waals surface area contributed by atoms with Crippen LogP contribution in [0.5, 0.6) is 5.75 Å². The molecule has 0 aromatic heterocycles. The summed E-state index contributed by atoms with van der Waals surface area (Å²) in [6, 6.07) is 26.7. The molecule has 0 saturated heterocycles. The number of anilines is 2. The standard InChI is InChI=1S/C25H26N2O2/c1-18-16-24(23-10-6-7-11-25(23)27(18)19(2)28)26-21-12-14-22(15-13-21)29-17-20-8-4-3-5-9-20/h3-15,18,24,26H,16-17H2,1-2H3/t18-,24+/m1/s1. The van der Waals surface area contributed by atoms with Crippen molar-refractivity contribution in [2.45, 2.75) is 39.0 Å². The van der Waals surface area contributed by atoms with Crippen LogP contribution in [0.3, 0.4) is 0 Å². The second-order valence-electron chi connectivity index (χ2n) is 7.53. The maximum atomic E-state index is 12.1. The fraction of sp³-hybridized carbons (Fsp3) is 0.240. The van der Waals surface area contributed by atoms with Gasteiger partial charge in [-0.3, -0.25) is 4.79 Å². The van der Waals surface area contributed by atoms with Crippen LogP contribution < -0.4 is 15.0 Å². The van der Waals surface area contributed by atoms with E-state index in [4.69, 9.17) is 4.74 Å². The summed E-state index contributed by atoms with van der Waals surface area (Å²) in [5.74, 6) is 0.933. The van der Waals surface area contributed by atoms with Crippen molar-refractivity contribution in [2.75, 3.05) is 10.2 Å². The van der Waals surface area contributed by atoms with Gasteiger partial charge < -0.3 is 15.0 Å². The topological polar surface area (TPSA) is 41.6 Å². The molecule has 29 heavy (non-hydrogen) atoms. The van der Waals surface area contributed by atoms with Gasteiger partial charge in [0.25, 0.3) is 0 Å². The molecule has 0 unspecified atom stereocenters. The summed E-state index contributed by atoms with van der Waals surface area (Å²) in [6.07, 6.45) is 0.864. The number of hydrogen-bond acceptors (Lipinski definition) is 3. The zero-order valence-electron chi connectivity index (χ0n) is 16.8. The molecule has 2 atom stereocenters. The molecular weight excluding hydrogens is 360 g/mol. The molecule has 0 fully saturated rings. The summed E-state index contributed by atoms with van der Waals surface area (Å²) in [6.45, 7) is 4.30. The normalized spacial score (nSPS) is 18.1. The fourth-order valence-corrected chi connectivity index (χ4v) is 4.02.